The van der Waals surface area contributed by atoms with Gasteiger partial charge in [0.25, 0.3) is 0 Å². The van der Waals surface area contributed by atoms with E-state index in [1.54, 1.807) is 11.6 Å². The van der Waals surface area contributed by atoms with Gasteiger partial charge < -0.3 is 4.74 Å². The van der Waals surface area contributed by atoms with Gasteiger partial charge in [0.2, 0.25) is 5.88 Å². The minimum Gasteiger partial charge on any atom is -0.439 e. The summed E-state index contributed by atoms with van der Waals surface area (Å²) < 4.78 is 5.52. The van der Waals surface area contributed by atoms with Crippen molar-refractivity contribution in [1.82, 2.24) is 4.98 Å². The van der Waals surface area contributed by atoms with E-state index in [0.29, 0.717) is 5.88 Å². The highest BCUT2D eigenvalue weighted by Gasteiger charge is 1.96. The van der Waals surface area contributed by atoms with Crippen molar-refractivity contribution in [3.63, 3.8) is 0 Å². The van der Waals surface area contributed by atoms with Crippen LogP contribution in [0.25, 0.3) is 0 Å². The molecule has 2 rings (SSSR count). The molecule has 0 saturated heterocycles. The largest absolute Gasteiger partial charge is 0.439 e. The maximum absolute atomic E-state index is 5.52. The van der Waals surface area contributed by atoms with Gasteiger partial charge in [0.05, 0.1) is 0 Å². The van der Waals surface area contributed by atoms with E-state index in [1.165, 1.54) is 0 Å². The number of thiocarbonyl (C=S) groups is 1. The lowest BCUT2D eigenvalue weighted by molar-refractivity contribution is 0.463. The van der Waals surface area contributed by atoms with Crippen molar-refractivity contribution in [2.24, 2.45) is 0 Å². The molecule has 0 spiro atoms. The number of pyridine rings is 1. The number of nitrogens with zero attached hydrogens (tertiary/aromatic N) is 1. The molecule has 0 radical (unpaired) electrons. The Morgan fingerprint density at radius 1 is 1.07 bits per heavy atom. The lowest BCUT2D eigenvalue weighted by Crippen LogP contribution is -1.86. The third-order valence-electron chi connectivity index (χ3n) is 1.88. The molecular weight excluding hydrogens is 206 g/mol. The number of hydrogen-bond acceptors (Lipinski definition) is 3. The standard InChI is InChI=1S/C12H9NOS/c15-9-10-4-6-11(7-5-10)14-12-3-1-2-8-13-12/h1-9H. The number of aromatic nitrogens is 1. The summed E-state index contributed by atoms with van der Waals surface area (Å²) in [5.41, 5.74) is 0.998. The van der Waals surface area contributed by atoms with E-state index in [1.807, 2.05) is 42.5 Å². The van der Waals surface area contributed by atoms with Crippen molar-refractivity contribution in [1.29, 1.82) is 0 Å². The van der Waals surface area contributed by atoms with Crippen LogP contribution in [-0.4, -0.2) is 10.4 Å². The fraction of sp³-hybridized carbons (Fsp3) is 0. The van der Waals surface area contributed by atoms with Crippen LogP contribution < -0.4 is 4.74 Å². The smallest absolute Gasteiger partial charge is 0.219 e. The summed E-state index contributed by atoms with van der Waals surface area (Å²) in [7, 11) is 0. The number of ether oxygens (including phenoxy) is 1. The van der Waals surface area contributed by atoms with Crippen molar-refractivity contribution >= 4 is 17.6 Å². The minimum absolute atomic E-state index is 0.590. The van der Waals surface area contributed by atoms with Crippen molar-refractivity contribution < 1.29 is 4.74 Å². The zero-order valence-corrected chi connectivity index (χ0v) is 8.78. The topological polar surface area (TPSA) is 22.1 Å². The minimum atomic E-state index is 0.590. The summed E-state index contributed by atoms with van der Waals surface area (Å²) in [5, 5.41) is 1.63. The van der Waals surface area contributed by atoms with Crippen LogP contribution in [0, 0.1) is 0 Å². The Morgan fingerprint density at radius 2 is 1.87 bits per heavy atom. The molecule has 2 aromatic rings. The van der Waals surface area contributed by atoms with E-state index in [9.17, 15) is 0 Å². The van der Waals surface area contributed by atoms with Crippen LogP contribution in [0.2, 0.25) is 0 Å². The van der Waals surface area contributed by atoms with Crippen LogP contribution in [0.1, 0.15) is 5.56 Å². The second-order valence-corrected chi connectivity index (χ2v) is 3.19. The van der Waals surface area contributed by atoms with E-state index in [4.69, 9.17) is 17.0 Å². The van der Waals surface area contributed by atoms with Gasteiger partial charge in [-0.15, -0.1) is 0 Å². The van der Waals surface area contributed by atoms with Gasteiger partial charge in [-0.2, -0.15) is 0 Å². The predicted octanol–water partition coefficient (Wildman–Crippen LogP) is 3.22. The normalized spacial score (nSPS) is 9.60. The second kappa shape index (κ2) is 4.66. The first-order chi connectivity index (χ1) is 7.38. The van der Waals surface area contributed by atoms with Crippen LogP contribution >= 0.6 is 12.2 Å². The maximum atomic E-state index is 5.52. The Kier molecular flexibility index (Phi) is 3.05. The number of benzene rings is 1. The fourth-order valence-electron chi connectivity index (χ4n) is 1.14. The molecular formula is C12H9NOS. The van der Waals surface area contributed by atoms with Crippen LogP contribution in [0.3, 0.4) is 0 Å². The molecule has 2 nitrogen and oxygen atoms in total. The fourth-order valence-corrected chi connectivity index (χ4v) is 1.30. The summed E-state index contributed by atoms with van der Waals surface area (Å²) in [6.45, 7) is 0. The Bertz CT molecular complexity index is 439. The Labute approximate surface area is 93.5 Å². The third-order valence-corrected chi connectivity index (χ3v) is 2.15. The monoisotopic (exact) mass is 215 g/mol. The Balaban J connectivity index is 2.15. The number of rotatable bonds is 3. The molecule has 1 aromatic heterocycles. The van der Waals surface area contributed by atoms with E-state index in [-0.39, 0.29) is 0 Å². The lowest BCUT2D eigenvalue weighted by atomic mass is 10.2. The first-order valence-corrected chi connectivity index (χ1v) is 5.00. The van der Waals surface area contributed by atoms with E-state index >= 15 is 0 Å². The van der Waals surface area contributed by atoms with E-state index in [2.05, 4.69) is 4.98 Å². The molecule has 15 heavy (non-hydrogen) atoms. The van der Waals surface area contributed by atoms with Gasteiger partial charge in [0.15, 0.2) is 0 Å². The average Bonchev–Trinajstić information content (AvgIpc) is 2.31. The molecule has 0 aliphatic carbocycles. The quantitative estimate of drug-likeness (QED) is 0.734. The molecule has 0 N–H and O–H groups in total. The van der Waals surface area contributed by atoms with Gasteiger partial charge in [-0.25, -0.2) is 4.98 Å². The van der Waals surface area contributed by atoms with Crippen LogP contribution in [0.15, 0.2) is 48.7 Å². The highest BCUT2D eigenvalue weighted by atomic mass is 32.1. The van der Waals surface area contributed by atoms with Crippen molar-refractivity contribution in [2.75, 3.05) is 0 Å². The molecule has 0 bridgehead atoms. The molecule has 0 amide bonds. The SMILES string of the molecule is S=Cc1ccc(Oc2ccccn2)cc1. The molecule has 0 unspecified atom stereocenters. The van der Waals surface area contributed by atoms with Gasteiger partial charge in [0.1, 0.15) is 5.75 Å². The summed E-state index contributed by atoms with van der Waals surface area (Å²) in [6.07, 6.45) is 1.70. The van der Waals surface area contributed by atoms with E-state index in [0.717, 1.165) is 11.3 Å². The van der Waals surface area contributed by atoms with Crippen molar-refractivity contribution in [3.8, 4) is 11.6 Å². The summed E-state index contributed by atoms with van der Waals surface area (Å²) >= 11 is 4.81. The summed E-state index contributed by atoms with van der Waals surface area (Å²) in [6, 6.07) is 13.1. The molecule has 3 heteroatoms. The first-order valence-electron chi connectivity index (χ1n) is 4.52. The molecule has 1 heterocycles. The molecule has 1 aromatic carbocycles. The second-order valence-electron chi connectivity index (χ2n) is 2.96. The Morgan fingerprint density at radius 3 is 2.47 bits per heavy atom. The summed E-state index contributed by atoms with van der Waals surface area (Å²) in [4.78, 5) is 4.07. The third kappa shape index (κ3) is 2.60. The van der Waals surface area contributed by atoms with Crippen molar-refractivity contribution in [2.45, 2.75) is 0 Å². The van der Waals surface area contributed by atoms with Crippen LogP contribution in [0.5, 0.6) is 11.6 Å². The van der Waals surface area contributed by atoms with Crippen LogP contribution in [-0.2, 0) is 0 Å². The van der Waals surface area contributed by atoms with Crippen molar-refractivity contribution in [3.05, 3.63) is 54.2 Å². The summed E-state index contributed by atoms with van der Waals surface area (Å²) in [5.74, 6) is 1.35. The lowest BCUT2D eigenvalue weighted by Gasteiger charge is -2.03. The van der Waals surface area contributed by atoms with Gasteiger partial charge in [-0.1, -0.05) is 30.4 Å². The maximum Gasteiger partial charge on any atom is 0.219 e. The predicted molar refractivity (Wildman–Crippen MR) is 63.5 cm³/mol. The highest BCUT2D eigenvalue weighted by molar-refractivity contribution is 7.79. The zero-order chi connectivity index (χ0) is 10.5. The average molecular weight is 215 g/mol. The highest BCUT2D eigenvalue weighted by Crippen LogP contribution is 2.18. The molecule has 0 saturated carbocycles. The first kappa shape index (κ1) is 9.80. The van der Waals surface area contributed by atoms with E-state index < -0.39 is 0 Å². The molecule has 0 aliphatic rings. The molecule has 0 fully saturated rings. The Hall–Kier alpha value is -1.74. The molecule has 0 atom stereocenters. The van der Waals surface area contributed by atoms with Gasteiger partial charge in [0, 0.05) is 17.6 Å². The van der Waals surface area contributed by atoms with Crippen LogP contribution in [0.4, 0.5) is 0 Å². The zero-order valence-electron chi connectivity index (χ0n) is 7.96. The molecule has 0 aliphatic heterocycles. The van der Waals surface area contributed by atoms with Gasteiger partial charge >= 0.3 is 0 Å². The molecule has 74 valence electrons. The van der Waals surface area contributed by atoms with Gasteiger partial charge in [-0.3, -0.25) is 0 Å². The number of hydrogen-bond donors (Lipinski definition) is 0. The van der Waals surface area contributed by atoms with Gasteiger partial charge in [-0.05, 0) is 23.8 Å².